The summed E-state index contributed by atoms with van der Waals surface area (Å²) in [7, 11) is 0. The molecule has 0 radical (unpaired) electrons. The first-order chi connectivity index (χ1) is 12.2. The van der Waals surface area contributed by atoms with Crippen molar-refractivity contribution in [3.05, 3.63) is 35.9 Å². The number of aliphatic hydroxyl groups is 1. The summed E-state index contributed by atoms with van der Waals surface area (Å²) >= 11 is 5.77. The molecule has 26 heavy (non-hydrogen) atoms. The number of carbonyl (C=O) groups excluding carboxylic acids is 2. The van der Waals surface area contributed by atoms with E-state index in [0.717, 1.165) is 5.56 Å². The van der Waals surface area contributed by atoms with Gasteiger partial charge in [0.25, 0.3) is 0 Å². The number of β-amino-alcohol motifs (C(OH)–C–C–N with tert-alkyl or cyclic N) is 1. The van der Waals surface area contributed by atoms with E-state index in [2.05, 4.69) is 0 Å². The summed E-state index contributed by atoms with van der Waals surface area (Å²) in [6.07, 6.45) is -0.837. The van der Waals surface area contributed by atoms with Crippen LogP contribution in [-0.4, -0.2) is 63.6 Å². The van der Waals surface area contributed by atoms with Crippen LogP contribution >= 0.6 is 11.6 Å². The van der Waals surface area contributed by atoms with Gasteiger partial charge >= 0.3 is 6.09 Å². The van der Waals surface area contributed by atoms with Crippen molar-refractivity contribution in [2.45, 2.75) is 51.5 Å². The number of piperidine rings is 1. The Morgan fingerprint density at radius 3 is 2.50 bits per heavy atom. The molecular formula is C19H27ClN2O4. The molecule has 2 amide bonds. The largest absolute Gasteiger partial charge is 0.444 e. The van der Waals surface area contributed by atoms with E-state index < -0.39 is 17.8 Å². The van der Waals surface area contributed by atoms with Gasteiger partial charge in [0.1, 0.15) is 11.5 Å². The van der Waals surface area contributed by atoms with E-state index in [0.29, 0.717) is 19.5 Å². The van der Waals surface area contributed by atoms with Gasteiger partial charge in [-0.25, -0.2) is 4.79 Å². The van der Waals surface area contributed by atoms with Gasteiger partial charge in [-0.15, -0.1) is 11.6 Å². The van der Waals surface area contributed by atoms with Crippen LogP contribution in [0, 0.1) is 0 Å². The zero-order valence-electron chi connectivity index (χ0n) is 15.5. The molecule has 1 heterocycles. The first-order valence-corrected chi connectivity index (χ1v) is 9.30. The van der Waals surface area contributed by atoms with Crippen LogP contribution in [0.2, 0.25) is 0 Å². The Morgan fingerprint density at radius 2 is 1.96 bits per heavy atom. The SMILES string of the molecule is CC(C)(C)OC(=O)N1CCC(N(Cc2ccccc2)C(=O)CCl)C(O)C1. The summed E-state index contributed by atoms with van der Waals surface area (Å²) in [5.74, 6) is -0.378. The molecule has 0 spiro atoms. The minimum atomic E-state index is -0.854. The van der Waals surface area contributed by atoms with Crippen molar-refractivity contribution in [3.8, 4) is 0 Å². The third-order valence-corrected chi connectivity index (χ3v) is 4.46. The Kier molecular flexibility index (Phi) is 6.89. The first-order valence-electron chi connectivity index (χ1n) is 8.76. The molecule has 1 aromatic carbocycles. The second kappa shape index (κ2) is 8.73. The number of halogens is 1. The van der Waals surface area contributed by atoms with Crippen molar-refractivity contribution in [1.82, 2.24) is 9.80 Å². The van der Waals surface area contributed by atoms with Crippen molar-refractivity contribution >= 4 is 23.6 Å². The molecule has 2 rings (SSSR count). The summed E-state index contributed by atoms with van der Waals surface area (Å²) in [6.45, 7) is 6.32. The maximum Gasteiger partial charge on any atom is 0.410 e. The molecule has 7 heteroatoms. The van der Waals surface area contributed by atoms with Crippen molar-refractivity contribution in [3.63, 3.8) is 0 Å². The summed E-state index contributed by atoms with van der Waals surface area (Å²) in [6, 6.07) is 9.18. The molecule has 1 fully saturated rings. The van der Waals surface area contributed by atoms with Gasteiger partial charge in [0.2, 0.25) is 5.91 Å². The standard InChI is InChI=1S/C19H27ClN2O4/c1-19(2,3)26-18(25)21-10-9-15(16(23)13-21)22(17(24)11-20)12-14-7-5-4-6-8-14/h4-8,15-16,23H,9-13H2,1-3H3. The fraction of sp³-hybridized carbons (Fsp3) is 0.579. The molecule has 2 atom stereocenters. The number of nitrogens with zero attached hydrogens (tertiary/aromatic N) is 2. The van der Waals surface area contributed by atoms with Gasteiger partial charge in [0, 0.05) is 13.1 Å². The highest BCUT2D eigenvalue weighted by molar-refractivity contribution is 6.27. The quantitative estimate of drug-likeness (QED) is 0.812. The lowest BCUT2D eigenvalue weighted by atomic mass is 9.99. The maximum atomic E-state index is 12.3. The molecule has 144 valence electrons. The molecule has 0 saturated carbocycles. The predicted octanol–water partition coefficient (Wildman–Crippen LogP) is 2.62. The van der Waals surface area contributed by atoms with E-state index in [1.165, 1.54) is 4.90 Å². The van der Waals surface area contributed by atoms with Crippen LogP contribution in [0.5, 0.6) is 0 Å². The Labute approximate surface area is 159 Å². The Hall–Kier alpha value is -1.79. The second-order valence-corrected chi connectivity index (χ2v) is 7.76. The van der Waals surface area contributed by atoms with E-state index in [1.807, 2.05) is 30.3 Å². The topological polar surface area (TPSA) is 70.1 Å². The summed E-state index contributed by atoms with van der Waals surface area (Å²) in [5.41, 5.74) is 0.375. The molecule has 1 aliphatic heterocycles. The summed E-state index contributed by atoms with van der Waals surface area (Å²) in [4.78, 5) is 27.6. The molecule has 0 aromatic heterocycles. The molecule has 0 bridgehead atoms. The smallest absolute Gasteiger partial charge is 0.410 e. The number of carbonyl (C=O) groups is 2. The van der Waals surface area contributed by atoms with Gasteiger partial charge in [0.15, 0.2) is 0 Å². The van der Waals surface area contributed by atoms with E-state index in [1.54, 1.807) is 25.7 Å². The van der Waals surface area contributed by atoms with Gasteiger partial charge in [-0.1, -0.05) is 30.3 Å². The number of alkyl halides is 1. The van der Waals surface area contributed by atoms with Crippen LogP contribution < -0.4 is 0 Å². The number of ether oxygens (including phenoxy) is 1. The number of hydrogen-bond donors (Lipinski definition) is 1. The van der Waals surface area contributed by atoms with Crippen LogP contribution in [0.25, 0.3) is 0 Å². The lowest BCUT2D eigenvalue weighted by molar-refractivity contribution is -0.136. The summed E-state index contributed by atoms with van der Waals surface area (Å²) < 4.78 is 5.36. The highest BCUT2D eigenvalue weighted by Gasteiger charge is 2.37. The lowest BCUT2D eigenvalue weighted by Gasteiger charge is -2.41. The highest BCUT2D eigenvalue weighted by Crippen LogP contribution is 2.22. The Bertz CT molecular complexity index is 618. The average molecular weight is 383 g/mol. The third kappa shape index (κ3) is 5.61. The number of likely N-dealkylation sites (tertiary alicyclic amines) is 1. The molecule has 6 nitrogen and oxygen atoms in total. The normalized spacial score (nSPS) is 20.6. The van der Waals surface area contributed by atoms with Gasteiger partial charge in [-0.3, -0.25) is 4.79 Å². The van der Waals surface area contributed by atoms with E-state index >= 15 is 0 Å². The van der Waals surface area contributed by atoms with Crippen molar-refractivity contribution in [2.24, 2.45) is 0 Å². The van der Waals surface area contributed by atoms with Crippen LogP contribution in [0.3, 0.4) is 0 Å². The monoisotopic (exact) mass is 382 g/mol. The number of aliphatic hydroxyl groups excluding tert-OH is 1. The molecule has 1 N–H and O–H groups in total. The summed E-state index contributed by atoms with van der Waals surface area (Å²) in [5, 5.41) is 10.6. The first kappa shape index (κ1) is 20.5. The molecule has 1 aromatic rings. The molecule has 1 aliphatic rings. The van der Waals surface area contributed by atoms with Gasteiger partial charge in [-0.05, 0) is 32.8 Å². The maximum absolute atomic E-state index is 12.3. The van der Waals surface area contributed by atoms with Crippen molar-refractivity contribution < 1.29 is 19.4 Å². The predicted molar refractivity (Wildman–Crippen MR) is 99.9 cm³/mol. The van der Waals surface area contributed by atoms with Crippen LogP contribution in [0.1, 0.15) is 32.8 Å². The van der Waals surface area contributed by atoms with Crippen molar-refractivity contribution in [1.29, 1.82) is 0 Å². The van der Waals surface area contributed by atoms with Gasteiger partial charge in [0.05, 0.1) is 18.7 Å². The minimum Gasteiger partial charge on any atom is -0.444 e. The third-order valence-electron chi connectivity index (χ3n) is 4.23. The van der Waals surface area contributed by atoms with Gasteiger partial charge in [-0.2, -0.15) is 0 Å². The van der Waals surface area contributed by atoms with E-state index in [-0.39, 0.29) is 24.4 Å². The minimum absolute atomic E-state index is 0.125. The van der Waals surface area contributed by atoms with E-state index in [9.17, 15) is 14.7 Å². The average Bonchev–Trinajstić information content (AvgIpc) is 2.58. The zero-order chi connectivity index (χ0) is 19.3. The lowest BCUT2D eigenvalue weighted by Crippen LogP contribution is -2.57. The number of hydrogen-bond acceptors (Lipinski definition) is 4. The number of benzene rings is 1. The van der Waals surface area contributed by atoms with E-state index in [4.69, 9.17) is 16.3 Å². The molecular weight excluding hydrogens is 356 g/mol. The fourth-order valence-corrected chi connectivity index (χ4v) is 3.18. The Morgan fingerprint density at radius 1 is 1.31 bits per heavy atom. The molecule has 2 unspecified atom stereocenters. The van der Waals surface area contributed by atoms with Gasteiger partial charge < -0.3 is 19.6 Å². The fourth-order valence-electron chi connectivity index (χ4n) is 3.02. The number of amides is 2. The highest BCUT2D eigenvalue weighted by atomic mass is 35.5. The zero-order valence-corrected chi connectivity index (χ0v) is 16.3. The van der Waals surface area contributed by atoms with Crippen molar-refractivity contribution in [2.75, 3.05) is 19.0 Å². The number of rotatable bonds is 4. The molecule has 0 aliphatic carbocycles. The van der Waals surface area contributed by atoms with Crippen LogP contribution in [0.4, 0.5) is 4.79 Å². The molecule has 1 saturated heterocycles. The van der Waals surface area contributed by atoms with Crippen LogP contribution in [-0.2, 0) is 16.1 Å². The van der Waals surface area contributed by atoms with Crippen LogP contribution in [0.15, 0.2) is 30.3 Å². The Balaban J connectivity index is 2.06. The second-order valence-electron chi connectivity index (χ2n) is 7.49.